The number of hydrogen-bond acceptors (Lipinski definition) is 0. The van der Waals surface area contributed by atoms with E-state index in [9.17, 15) is 0 Å². The molecule has 0 nitrogen and oxygen atoms in total. The Kier molecular flexibility index (Phi) is 40.5. The summed E-state index contributed by atoms with van der Waals surface area (Å²) in [6.45, 7) is 65.3. The first kappa shape index (κ1) is 102. The first-order chi connectivity index (χ1) is 55.8. The molecule has 0 heteroatoms. The molecular weight excluding hydrogens is 1420 g/mol. The second-order valence-corrected chi connectivity index (χ2v) is 52.9. The topological polar surface area (TPSA) is 0 Å². The van der Waals surface area contributed by atoms with Crippen molar-refractivity contribution in [1.29, 1.82) is 0 Å². The van der Waals surface area contributed by atoms with Crippen molar-refractivity contribution in [2.24, 2.45) is 216 Å². The molecule has 23 atom stereocenters. The fourth-order valence-electron chi connectivity index (χ4n) is 31.9. The Hall–Kier alpha value is 0. The van der Waals surface area contributed by atoms with Crippen molar-refractivity contribution < 1.29 is 0 Å². The first-order valence-electron chi connectivity index (χ1n) is 55.8. The molecular formula is C118H220. The maximum atomic E-state index is 2.49. The highest BCUT2D eigenvalue weighted by atomic mass is 14.6. The Labute approximate surface area is 744 Å². The standard InChI is InChI=1S/C11H22.3C10H18.4C9H16.2C9H18.C8H14.C8H16.C7H14/c1-9-10(2,3)7-6-8-11(9,4)5;1-7-8-4-5-9(6-8)10(7,2)3;1-8-7-9-3-5-10(8,2)6-4-9;1-7-8(2)10-5-3-9(7)4-6-10;1-7-5-8-3-4-9(7,2)6-8;1-6-7(2)9-4-3-8(6)5-9;1-7-6-8-2-4-9(7)5-3-8;1-2-8-5-7-3-4-9(8)6-7;1-8-6-4-5-7-9(8,2)3;1-7-5-4-6-8(2)9(7)3;1-6-4-7-2-3-8(6)5-7;1-2-8-6-4-3-5-7-8;1-2-7-5-3-4-6-7/h9H,6-8H2,1-5H3;7-9H,4-6H2,1-3H3;8-9H,3-7H2,1-2H3;7-10H,3-6H2,1-2H3;7-8H,3-6H2,1-2H3;6-9H,3-5H2,1-2H3;2*7-9H,2-6H2,1H3;8H,4-7H2,1-3H3;7-9H,4-6H2,1-3H3;6-8H,2-5H2,1H3;8H,2-7H2,1H3;7H,2-6H2,1H3/t;7-,8?,9?;8-,9?,10?;7-,8?,9?,10?;7-,8?,9?;6-,7?,8?,9?;7-,8?,9?;;8-;;6-,7?,8?;;/m.100000.1.0../s1. The van der Waals surface area contributed by atoms with E-state index >= 15 is 0 Å². The van der Waals surface area contributed by atoms with Crippen LogP contribution < -0.4 is 0 Å². The van der Waals surface area contributed by atoms with E-state index in [0.29, 0.717) is 21.7 Å². The summed E-state index contributed by atoms with van der Waals surface area (Å²) >= 11 is 0. The molecule has 0 amide bonds. The first-order valence-corrected chi connectivity index (χ1v) is 55.8. The van der Waals surface area contributed by atoms with Crippen LogP contribution in [-0.2, 0) is 0 Å². The van der Waals surface area contributed by atoms with Gasteiger partial charge in [-0.15, -0.1) is 0 Å². The summed E-state index contributed by atoms with van der Waals surface area (Å²) in [5.41, 5.74) is 3.96. The highest BCUT2D eigenvalue weighted by Crippen LogP contribution is 2.61. The van der Waals surface area contributed by atoms with Crippen LogP contribution in [0, 0.1) is 216 Å². The minimum atomic E-state index is 0.571. The van der Waals surface area contributed by atoms with Crippen molar-refractivity contribution >= 4 is 0 Å². The van der Waals surface area contributed by atoms with Crippen molar-refractivity contribution in [3.63, 3.8) is 0 Å². The molecule has 0 aromatic carbocycles. The van der Waals surface area contributed by atoms with Gasteiger partial charge in [-0.3, -0.25) is 0 Å². The van der Waals surface area contributed by atoms with Gasteiger partial charge in [0.05, 0.1) is 0 Å². The Bertz CT molecular complexity index is 2620. The quantitative estimate of drug-likeness (QED) is 0.264. The largest absolute Gasteiger partial charge is 0.0651 e. The van der Waals surface area contributed by atoms with Gasteiger partial charge in [0.15, 0.2) is 0 Å². The molecule has 24 aliphatic rings. The maximum absolute atomic E-state index is 2.49. The molecule has 0 aliphatic heterocycles. The number of fused-ring (bicyclic) bond motifs is 19. The van der Waals surface area contributed by atoms with Crippen LogP contribution >= 0.6 is 0 Å². The monoisotopic (exact) mass is 1640 g/mol. The molecule has 24 fully saturated rings. The average molecular weight is 1640 g/mol. The van der Waals surface area contributed by atoms with Gasteiger partial charge < -0.3 is 0 Å². The van der Waals surface area contributed by atoms with Gasteiger partial charge in [-0.25, -0.2) is 0 Å². The summed E-state index contributed by atoms with van der Waals surface area (Å²) < 4.78 is 0. The predicted octanol–water partition coefficient (Wildman–Crippen LogP) is 38.7. The molecule has 118 heavy (non-hydrogen) atoms. The fourth-order valence-corrected chi connectivity index (χ4v) is 31.9. The van der Waals surface area contributed by atoms with Crippen molar-refractivity contribution in [3.05, 3.63) is 0 Å². The fraction of sp³-hybridized carbons (Fsp3) is 1.00. The van der Waals surface area contributed by atoms with Crippen LogP contribution in [0.4, 0.5) is 0 Å². The summed E-state index contributed by atoms with van der Waals surface area (Å²) in [5, 5.41) is 0. The van der Waals surface area contributed by atoms with E-state index in [1.54, 1.807) is 89.9 Å². The molecule has 0 radical (unpaired) electrons. The van der Waals surface area contributed by atoms with E-state index in [1.807, 2.05) is 0 Å². The van der Waals surface area contributed by atoms with Crippen LogP contribution in [0.25, 0.3) is 0 Å². The third kappa shape index (κ3) is 28.5. The predicted molar refractivity (Wildman–Crippen MR) is 525 cm³/mol. The van der Waals surface area contributed by atoms with Gasteiger partial charge in [0.1, 0.15) is 0 Å². The summed E-state index contributed by atoms with van der Waals surface area (Å²) in [4.78, 5) is 0. The van der Waals surface area contributed by atoms with E-state index in [1.165, 1.54) is 257 Å². The van der Waals surface area contributed by atoms with Crippen LogP contribution in [0.1, 0.15) is 534 Å². The molecule has 24 rings (SSSR count). The van der Waals surface area contributed by atoms with Gasteiger partial charge in [-0.1, -0.05) is 335 Å². The smallest absolute Gasteiger partial charge is 0.0297 e. The number of rotatable bonds is 3. The van der Waals surface area contributed by atoms with Crippen molar-refractivity contribution in [3.8, 4) is 0 Å². The van der Waals surface area contributed by atoms with Gasteiger partial charge in [-0.05, 0) is 415 Å². The van der Waals surface area contributed by atoms with E-state index in [4.69, 9.17) is 0 Å². The summed E-state index contributed by atoms with van der Waals surface area (Å²) in [7, 11) is 0. The highest BCUT2D eigenvalue weighted by molar-refractivity contribution is 5.01. The average Bonchev–Trinajstić information content (AvgIpc) is 1.53. The molecule has 0 saturated heterocycles. The molecule has 692 valence electrons. The highest BCUT2D eigenvalue weighted by Gasteiger charge is 2.51. The molecule has 16 bridgehead atoms. The van der Waals surface area contributed by atoms with Crippen molar-refractivity contribution in [2.45, 2.75) is 534 Å². The lowest BCUT2D eigenvalue weighted by atomic mass is 9.57. The SMILES string of the molecule is CC1C(C)(C)CCCC1(C)C.CC1C2CCC(C2)[C@H]1C.CC1C2CCC(CC2)[C@H]1C.CC1CCCC(C)C1C.CCC1CC2CCC1C2.CCC1CCCC1.CCC1CCCCC1.C[C@@H]1C2CCC(C2)C1(C)C.C[C@@H]1CCCCC1(C)C.C[C@H]1CC2CCC1(C)C2.C[C@H]1CC2CCC1(C)CC2.C[C@H]1CC2CCC1C2.C[C@H]1CC2CCC1CC2. The molecule has 0 N–H and O–H groups in total. The lowest BCUT2D eigenvalue weighted by molar-refractivity contribution is 0.0209. The Morgan fingerprint density at radius 2 is 0.636 bits per heavy atom. The van der Waals surface area contributed by atoms with Crippen LogP contribution in [-0.4, -0.2) is 0 Å². The molecule has 24 saturated carbocycles. The zero-order valence-corrected chi connectivity index (χ0v) is 86.1. The third-order valence-electron chi connectivity index (χ3n) is 44.6. The second-order valence-electron chi connectivity index (χ2n) is 52.9. The van der Waals surface area contributed by atoms with E-state index in [0.717, 1.165) is 194 Å². The van der Waals surface area contributed by atoms with Crippen molar-refractivity contribution in [2.75, 3.05) is 0 Å². The Morgan fingerprint density at radius 1 is 0.229 bits per heavy atom. The summed E-state index contributed by atoms with van der Waals surface area (Å²) in [6, 6.07) is 0. The van der Waals surface area contributed by atoms with Gasteiger partial charge in [0, 0.05) is 0 Å². The summed E-state index contributed by atoms with van der Waals surface area (Å²) in [5.74, 6) is 33.0. The Balaban J connectivity index is 0.000000146. The van der Waals surface area contributed by atoms with Crippen LogP contribution in [0.2, 0.25) is 0 Å². The maximum Gasteiger partial charge on any atom is -0.0297 e. The van der Waals surface area contributed by atoms with E-state index < -0.39 is 0 Å². The van der Waals surface area contributed by atoms with Gasteiger partial charge >= 0.3 is 0 Å². The van der Waals surface area contributed by atoms with Gasteiger partial charge in [0.2, 0.25) is 0 Å². The zero-order valence-electron chi connectivity index (χ0n) is 86.1. The third-order valence-corrected chi connectivity index (χ3v) is 44.6. The minimum Gasteiger partial charge on any atom is -0.0651 e. The molecule has 15 unspecified atom stereocenters. The van der Waals surface area contributed by atoms with Gasteiger partial charge in [0.25, 0.3) is 0 Å². The van der Waals surface area contributed by atoms with Crippen LogP contribution in [0.5, 0.6) is 0 Å². The van der Waals surface area contributed by atoms with E-state index in [-0.39, 0.29) is 0 Å². The van der Waals surface area contributed by atoms with Gasteiger partial charge in [-0.2, -0.15) is 0 Å². The zero-order chi connectivity index (χ0) is 86.1. The molecule has 0 aromatic heterocycles. The molecule has 0 heterocycles. The lowest BCUT2D eigenvalue weighted by Crippen LogP contribution is -2.38. The van der Waals surface area contributed by atoms with Crippen LogP contribution in [0.3, 0.4) is 0 Å². The normalized spacial score (nSPS) is 44.9. The molecule has 24 aliphatic carbocycles. The molecule has 0 aromatic rings. The number of hydrogen-bond donors (Lipinski definition) is 0. The second kappa shape index (κ2) is 47.0. The summed E-state index contributed by atoms with van der Waals surface area (Å²) in [6.07, 6.45) is 81.6. The van der Waals surface area contributed by atoms with Crippen LogP contribution in [0.15, 0.2) is 0 Å². The minimum absolute atomic E-state index is 0.571. The Morgan fingerprint density at radius 3 is 0.898 bits per heavy atom. The molecule has 0 spiro atoms. The lowest BCUT2D eigenvalue weighted by Gasteiger charge is -2.49. The van der Waals surface area contributed by atoms with E-state index in [2.05, 4.69) is 187 Å². The van der Waals surface area contributed by atoms with Crippen molar-refractivity contribution in [1.82, 2.24) is 0 Å².